The predicted molar refractivity (Wildman–Crippen MR) is 80.3 cm³/mol. The summed E-state index contributed by atoms with van der Waals surface area (Å²) in [5.74, 6) is -1.33. The van der Waals surface area contributed by atoms with Crippen LogP contribution in [0.3, 0.4) is 0 Å². The highest BCUT2D eigenvalue weighted by atomic mass is 19.1. The summed E-state index contributed by atoms with van der Waals surface area (Å²) in [6.07, 6.45) is 2.02. The number of anilines is 1. The van der Waals surface area contributed by atoms with Gasteiger partial charge in [0.25, 0.3) is 0 Å². The summed E-state index contributed by atoms with van der Waals surface area (Å²) in [5.41, 5.74) is 1.26. The molecular weight excluding hydrogens is 289 g/mol. The zero-order chi connectivity index (χ0) is 15.9. The Hall–Kier alpha value is -2.31. The summed E-state index contributed by atoms with van der Waals surface area (Å²) >= 11 is 0. The Bertz CT molecular complexity index is 545. The maximum Gasteiger partial charge on any atom is 0.315 e. The summed E-state index contributed by atoms with van der Waals surface area (Å²) in [5, 5.41) is 13.5. The number of hydrogen-bond acceptors (Lipinski definition) is 3. The van der Waals surface area contributed by atoms with E-state index in [0.717, 1.165) is 31.6 Å². The molecule has 2 amide bonds. The zero-order valence-electron chi connectivity index (χ0n) is 12.3. The minimum absolute atomic E-state index is 0.0391. The molecule has 120 valence electrons. The number of nitrogens with one attached hydrogen (secondary N) is 2. The maximum absolute atomic E-state index is 14.0. The van der Waals surface area contributed by atoms with Crippen LogP contribution in [-0.2, 0) is 11.3 Å². The van der Waals surface area contributed by atoms with Crippen LogP contribution in [0.5, 0.6) is 0 Å². The number of hydrogen-bond donors (Lipinski definition) is 3. The van der Waals surface area contributed by atoms with E-state index < -0.39 is 12.0 Å². The fourth-order valence-corrected chi connectivity index (χ4v) is 2.49. The van der Waals surface area contributed by atoms with Crippen LogP contribution in [0, 0.1) is 5.82 Å². The SMILES string of the molecule is O=C(O)CCNC(=O)NCc1c(F)cccc1N1CCCC1. The molecule has 6 nitrogen and oxygen atoms in total. The summed E-state index contributed by atoms with van der Waals surface area (Å²) in [4.78, 5) is 24.1. The second-order valence-electron chi connectivity index (χ2n) is 5.18. The van der Waals surface area contributed by atoms with Crippen molar-refractivity contribution in [2.24, 2.45) is 0 Å². The lowest BCUT2D eigenvalue weighted by atomic mass is 10.1. The number of halogens is 1. The van der Waals surface area contributed by atoms with Gasteiger partial charge in [-0.3, -0.25) is 4.79 Å². The molecule has 1 heterocycles. The molecule has 1 aliphatic heterocycles. The molecule has 7 heteroatoms. The van der Waals surface area contributed by atoms with Crippen LogP contribution in [0.2, 0.25) is 0 Å². The number of carbonyl (C=O) groups is 2. The van der Waals surface area contributed by atoms with Crippen LogP contribution in [-0.4, -0.2) is 36.7 Å². The minimum atomic E-state index is -0.981. The van der Waals surface area contributed by atoms with Gasteiger partial charge < -0.3 is 20.6 Å². The fourth-order valence-electron chi connectivity index (χ4n) is 2.49. The topological polar surface area (TPSA) is 81.7 Å². The summed E-state index contributed by atoms with van der Waals surface area (Å²) in [7, 11) is 0. The van der Waals surface area contributed by atoms with Gasteiger partial charge in [0.05, 0.1) is 6.42 Å². The van der Waals surface area contributed by atoms with E-state index in [0.29, 0.717) is 5.56 Å². The summed E-state index contributed by atoms with van der Waals surface area (Å²) < 4.78 is 14.0. The normalized spacial score (nSPS) is 14.0. The van der Waals surface area contributed by atoms with E-state index in [2.05, 4.69) is 15.5 Å². The molecule has 0 bridgehead atoms. The second kappa shape index (κ2) is 7.63. The zero-order valence-corrected chi connectivity index (χ0v) is 12.3. The number of amides is 2. The molecule has 1 aliphatic rings. The largest absolute Gasteiger partial charge is 0.481 e. The van der Waals surface area contributed by atoms with Crippen LogP contribution >= 0.6 is 0 Å². The molecule has 2 rings (SSSR count). The quantitative estimate of drug-likeness (QED) is 0.747. The molecule has 0 saturated carbocycles. The number of urea groups is 1. The van der Waals surface area contributed by atoms with Crippen molar-refractivity contribution in [1.29, 1.82) is 0 Å². The number of benzene rings is 1. The van der Waals surface area contributed by atoms with Crippen molar-refractivity contribution in [3.8, 4) is 0 Å². The van der Waals surface area contributed by atoms with Gasteiger partial charge in [-0.1, -0.05) is 6.07 Å². The summed E-state index contributed by atoms with van der Waals surface area (Å²) in [6, 6.07) is 4.39. The Balaban J connectivity index is 1.94. The van der Waals surface area contributed by atoms with Gasteiger partial charge >= 0.3 is 12.0 Å². The van der Waals surface area contributed by atoms with Crippen molar-refractivity contribution in [2.75, 3.05) is 24.5 Å². The molecule has 1 aromatic carbocycles. The number of carboxylic acid groups (broad SMARTS) is 1. The Morgan fingerprint density at radius 3 is 2.64 bits per heavy atom. The average Bonchev–Trinajstić information content (AvgIpc) is 2.99. The molecule has 0 aliphatic carbocycles. The van der Waals surface area contributed by atoms with E-state index in [1.807, 2.05) is 6.07 Å². The van der Waals surface area contributed by atoms with Crippen LogP contribution in [0.1, 0.15) is 24.8 Å². The number of nitrogens with zero attached hydrogens (tertiary/aromatic N) is 1. The van der Waals surface area contributed by atoms with Crippen LogP contribution in [0.25, 0.3) is 0 Å². The molecule has 22 heavy (non-hydrogen) atoms. The van der Waals surface area contributed by atoms with Gasteiger partial charge in [0.1, 0.15) is 5.82 Å². The van der Waals surface area contributed by atoms with Gasteiger partial charge in [-0.25, -0.2) is 9.18 Å². The second-order valence-corrected chi connectivity index (χ2v) is 5.18. The summed E-state index contributed by atoms with van der Waals surface area (Å²) in [6.45, 7) is 1.89. The lowest BCUT2D eigenvalue weighted by Crippen LogP contribution is -2.36. The van der Waals surface area contributed by atoms with Gasteiger partial charge in [0.15, 0.2) is 0 Å². The van der Waals surface area contributed by atoms with Crippen molar-refractivity contribution >= 4 is 17.7 Å². The van der Waals surface area contributed by atoms with Crippen LogP contribution < -0.4 is 15.5 Å². The van der Waals surface area contributed by atoms with E-state index in [1.54, 1.807) is 6.07 Å². The van der Waals surface area contributed by atoms with E-state index in [-0.39, 0.29) is 25.3 Å². The average molecular weight is 309 g/mol. The molecule has 0 aromatic heterocycles. The number of carbonyl (C=O) groups excluding carboxylic acids is 1. The van der Waals surface area contributed by atoms with Crippen molar-refractivity contribution in [1.82, 2.24) is 10.6 Å². The Kier molecular flexibility index (Phi) is 5.57. The molecule has 1 saturated heterocycles. The number of rotatable bonds is 6. The predicted octanol–water partition coefficient (Wildman–Crippen LogP) is 1.70. The molecule has 0 unspecified atom stereocenters. The monoisotopic (exact) mass is 309 g/mol. The molecule has 0 atom stereocenters. The van der Waals surface area contributed by atoms with Crippen molar-refractivity contribution in [3.05, 3.63) is 29.6 Å². The minimum Gasteiger partial charge on any atom is -0.481 e. The lowest BCUT2D eigenvalue weighted by molar-refractivity contribution is -0.136. The van der Waals surface area contributed by atoms with Gasteiger partial charge in [-0.15, -0.1) is 0 Å². The fraction of sp³-hybridized carbons (Fsp3) is 0.467. The molecule has 1 aromatic rings. The third kappa shape index (κ3) is 4.34. The highest BCUT2D eigenvalue weighted by molar-refractivity contribution is 5.75. The smallest absolute Gasteiger partial charge is 0.315 e. The van der Waals surface area contributed by atoms with E-state index in [4.69, 9.17) is 5.11 Å². The Morgan fingerprint density at radius 1 is 1.23 bits per heavy atom. The van der Waals surface area contributed by atoms with Crippen LogP contribution in [0.4, 0.5) is 14.9 Å². The molecule has 1 fully saturated rings. The first kappa shape index (κ1) is 16.1. The third-order valence-electron chi connectivity index (χ3n) is 3.59. The van der Waals surface area contributed by atoms with Gasteiger partial charge in [0.2, 0.25) is 0 Å². The molecule has 3 N–H and O–H groups in total. The van der Waals surface area contributed by atoms with Gasteiger partial charge in [-0.2, -0.15) is 0 Å². The molecular formula is C15H20FN3O3. The van der Waals surface area contributed by atoms with Crippen molar-refractivity contribution < 1.29 is 19.1 Å². The first-order valence-corrected chi connectivity index (χ1v) is 7.34. The van der Waals surface area contributed by atoms with Crippen LogP contribution in [0.15, 0.2) is 18.2 Å². The lowest BCUT2D eigenvalue weighted by Gasteiger charge is -2.22. The van der Waals surface area contributed by atoms with E-state index >= 15 is 0 Å². The van der Waals surface area contributed by atoms with Crippen molar-refractivity contribution in [2.45, 2.75) is 25.8 Å². The van der Waals surface area contributed by atoms with E-state index in [9.17, 15) is 14.0 Å². The Morgan fingerprint density at radius 2 is 1.95 bits per heavy atom. The number of carboxylic acids is 1. The maximum atomic E-state index is 14.0. The number of aliphatic carboxylic acids is 1. The highest BCUT2D eigenvalue weighted by Crippen LogP contribution is 2.26. The highest BCUT2D eigenvalue weighted by Gasteiger charge is 2.18. The molecule has 0 spiro atoms. The van der Waals surface area contributed by atoms with Gasteiger partial charge in [-0.05, 0) is 25.0 Å². The van der Waals surface area contributed by atoms with Crippen molar-refractivity contribution in [3.63, 3.8) is 0 Å². The first-order valence-electron chi connectivity index (χ1n) is 7.34. The third-order valence-corrected chi connectivity index (χ3v) is 3.59. The molecule has 0 radical (unpaired) electrons. The van der Waals surface area contributed by atoms with Gasteiger partial charge in [0, 0.05) is 37.4 Å². The first-order chi connectivity index (χ1) is 10.6. The van der Waals surface area contributed by atoms with E-state index in [1.165, 1.54) is 6.07 Å². The Labute approximate surface area is 128 Å². The standard InChI is InChI=1S/C15H20FN3O3/c16-12-4-3-5-13(19-8-1-2-9-19)11(12)10-18-15(22)17-7-6-14(20)21/h3-5H,1-2,6-10H2,(H,20,21)(H2,17,18,22).